The lowest BCUT2D eigenvalue weighted by molar-refractivity contribution is 0.433. The number of rotatable bonds is 4. The van der Waals surface area contributed by atoms with Crippen LogP contribution in [0.1, 0.15) is 5.56 Å². The Morgan fingerprint density at radius 1 is 0.920 bits per heavy atom. The van der Waals surface area contributed by atoms with E-state index in [0.29, 0.717) is 11.1 Å². The van der Waals surface area contributed by atoms with Crippen molar-refractivity contribution in [2.45, 2.75) is 6.54 Å². The van der Waals surface area contributed by atoms with E-state index in [0.717, 1.165) is 6.07 Å². The molecule has 3 rings (SSSR count). The lowest BCUT2D eigenvalue weighted by Crippen LogP contribution is -2.04. The molecule has 0 amide bonds. The van der Waals surface area contributed by atoms with E-state index in [2.05, 4.69) is 5.32 Å². The number of phenolic OH excluding ortho intramolecular Hbond substituents is 1. The van der Waals surface area contributed by atoms with Crippen LogP contribution in [0.15, 0.2) is 54.6 Å². The van der Waals surface area contributed by atoms with Gasteiger partial charge in [0, 0.05) is 12.1 Å². The number of phenols is 1. The summed E-state index contributed by atoms with van der Waals surface area (Å²) in [5.41, 5.74) is 1.36. The van der Waals surface area contributed by atoms with Crippen molar-refractivity contribution < 1.29 is 18.3 Å². The summed E-state index contributed by atoms with van der Waals surface area (Å²) < 4.78 is 41.3. The highest BCUT2D eigenvalue weighted by atomic mass is 35.5. The average molecular weight is 364 g/mol. The largest absolute Gasteiger partial charge is 0.505 e. The minimum absolute atomic E-state index is 0.0604. The van der Waals surface area contributed by atoms with Crippen molar-refractivity contribution in [2.24, 2.45) is 0 Å². The van der Waals surface area contributed by atoms with Gasteiger partial charge in [0.05, 0.1) is 10.7 Å². The summed E-state index contributed by atoms with van der Waals surface area (Å²) in [6, 6.07) is 12.8. The summed E-state index contributed by atoms with van der Waals surface area (Å²) in [5, 5.41) is 12.2. The summed E-state index contributed by atoms with van der Waals surface area (Å²) >= 11 is 5.90. The highest BCUT2D eigenvalue weighted by molar-refractivity contribution is 6.33. The van der Waals surface area contributed by atoms with Crippen LogP contribution in [0.25, 0.3) is 11.1 Å². The van der Waals surface area contributed by atoms with Gasteiger partial charge in [-0.15, -0.1) is 0 Å². The fourth-order valence-electron chi connectivity index (χ4n) is 2.44. The number of hydrogen-bond donors (Lipinski definition) is 2. The summed E-state index contributed by atoms with van der Waals surface area (Å²) in [7, 11) is 0. The van der Waals surface area contributed by atoms with Crippen LogP contribution < -0.4 is 5.32 Å². The molecule has 0 saturated carbocycles. The van der Waals surface area contributed by atoms with Gasteiger partial charge in [0.1, 0.15) is 11.6 Å². The number of anilines is 1. The molecule has 0 aliphatic heterocycles. The third-order valence-corrected chi connectivity index (χ3v) is 4.04. The molecule has 6 heteroatoms. The van der Waals surface area contributed by atoms with Crippen molar-refractivity contribution in [1.29, 1.82) is 0 Å². The summed E-state index contributed by atoms with van der Waals surface area (Å²) in [6.07, 6.45) is 0. The van der Waals surface area contributed by atoms with E-state index in [9.17, 15) is 18.3 Å². The maximum atomic E-state index is 14.1. The van der Waals surface area contributed by atoms with Gasteiger partial charge in [-0.2, -0.15) is 0 Å². The molecular weight excluding hydrogens is 351 g/mol. The fourth-order valence-corrected chi connectivity index (χ4v) is 2.66. The van der Waals surface area contributed by atoms with E-state index in [1.54, 1.807) is 18.2 Å². The Balaban J connectivity index is 1.89. The monoisotopic (exact) mass is 363 g/mol. The average Bonchev–Trinajstić information content (AvgIpc) is 2.60. The zero-order valence-electron chi connectivity index (χ0n) is 12.9. The molecule has 128 valence electrons. The van der Waals surface area contributed by atoms with Gasteiger partial charge >= 0.3 is 0 Å². The SMILES string of the molecule is Oc1ccc(Cl)c(NCc2cc(-c3cccc(F)c3)ccc2F)c1F. The van der Waals surface area contributed by atoms with Crippen LogP contribution in [-0.4, -0.2) is 5.11 Å². The molecule has 0 unspecified atom stereocenters. The number of aromatic hydroxyl groups is 1. The van der Waals surface area contributed by atoms with E-state index in [-0.39, 0.29) is 22.8 Å². The van der Waals surface area contributed by atoms with E-state index in [1.807, 2.05) is 0 Å². The minimum atomic E-state index is -0.908. The summed E-state index contributed by atoms with van der Waals surface area (Å²) in [4.78, 5) is 0. The predicted molar refractivity (Wildman–Crippen MR) is 92.2 cm³/mol. The maximum Gasteiger partial charge on any atom is 0.189 e. The molecule has 3 aromatic carbocycles. The van der Waals surface area contributed by atoms with Crippen LogP contribution >= 0.6 is 11.6 Å². The molecule has 25 heavy (non-hydrogen) atoms. The van der Waals surface area contributed by atoms with Gasteiger partial charge in [-0.3, -0.25) is 0 Å². The number of nitrogens with one attached hydrogen (secondary N) is 1. The van der Waals surface area contributed by atoms with Crippen LogP contribution in [0.2, 0.25) is 5.02 Å². The molecule has 0 aromatic heterocycles. The second kappa shape index (κ2) is 7.07. The quantitative estimate of drug-likeness (QED) is 0.619. The normalized spacial score (nSPS) is 10.7. The van der Waals surface area contributed by atoms with Gasteiger partial charge in [0.25, 0.3) is 0 Å². The molecule has 0 atom stereocenters. The van der Waals surface area contributed by atoms with Crippen molar-refractivity contribution in [1.82, 2.24) is 0 Å². The molecule has 2 N–H and O–H groups in total. The predicted octanol–water partition coefficient (Wildman–Crippen LogP) is 5.74. The molecule has 0 heterocycles. The third kappa shape index (κ3) is 3.72. The lowest BCUT2D eigenvalue weighted by Gasteiger charge is -2.12. The molecule has 0 aliphatic carbocycles. The molecule has 3 aromatic rings. The number of benzene rings is 3. The first kappa shape index (κ1) is 17.2. The molecule has 0 saturated heterocycles. The van der Waals surface area contributed by atoms with Crippen molar-refractivity contribution in [3.63, 3.8) is 0 Å². The van der Waals surface area contributed by atoms with Gasteiger partial charge in [0.2, 0.25) is 0 Å². The van der Waals surface area contributed by atoms with Gasteiger partial charge in [-0.1, -0.05) is 29.8 Å². The minimum Gasteiger partial charge on any atom is -0.505 e. The van der Waals surface area contributed by atoms with E-state index < -0.39 is 23.2 Å². The Labute approximate surface area is 147 Å². The van der Waals surface area contributed by atoms with Crippen LogP contribution in [0.5, 0.6) is 5.75 Å². The molecule has 0 radical (unpaired) electrons. The smallest absolute Gasteiger partial charge is 0.189 e. The van der Waals surface area contributed by atoms with Crippen LogP contribution in [0, 0.1) is 17.5 Å². The van der Waals surface area contributed by atoms with Crippen LogP contribution in [0.4, 0.5) is 18.9 Å². The number of hydrogen-bond acceptors (Lipinski definition) is 2. The Bertz CT molecular complexity index is 931. The third-order valence-electron chi connectivity index (χ3n) is 3.73. The molecule has 2 nitrogen and oxygen atoms in total. The summed E-state index contributed by atoms with van der Waals surface area (Å²) in [6.45, 7) is -0.0604. The fraction of sp³-hybridized carbons (Fsp3) is 0.0526. The van der Waals surface area contributed by atoms with Gasteiger partial charge in [-0.25, -0.2) is 13.2 Å². The molecule has 0 aliphatic rings. The van der Waals surface area contributed by atoms with E-state index >= 15 is 0 Å². The Hall–Kier alpha value is -2.66. The van der Waals surface area contributed by atoms with E-state index in [1.165, 1.54) is 30.3 Å². The second-order valence-electron chi connectivity index (χ2n) is 5.43. The molecular formula is C19H13ClF3NO. The first-order chi connectivity index (χ1) is 12.0. The van der Waals surface area contributed by atoms with Crippen molar-refractivity contribution >= 4 is 17.3 Å². The zero-order chi connectivity index (χ0) is 18.0. The van der Waals surface area contributed by atoms with Crippen LogP contribution in [-0.2, 0) is 6.54 Å². The van der Waals surface area contributed by atoms with Gasteiger partial charge < -0.3 is 10.4 Å². The van der Waals surface area contributed by atoms with Crippen molar-refractivity contribution in [3.8, 4) is 16.9 Å². The first-order valence-electron chi connectivity index (χ1n) is 7.41. The van der Waals surface area contributed by atoms with Crippen molar-refractivity contribution in [2.75, 3.05) is 5.32 Å². The summed E-state index contributed by atoms with van der Waals surface area (Å²) in [5.74, 6) is -2.35. The number of halogens is 4. The van der Waals surface area contributed by atoms with Crippen molar-refractivity contribution in [3.05, 3.63) is 82.6 Å². The Kier molecular flexibility index (Phi) is 4.86. The lowest BCUT2D eigenvalue weighted by atomic mass is 10.0. The topological polar surface area (TPSA) is 32.3 Å². The molecule has 0 spiro atoms. The Morgan fingerprint density at radius 3 is 2.44 bits per heavy atom. The highest BCUT2D eigenvalue weighted by Gasteiger charge is 2.13. The molecule has 0 fully saturated rings. The Morgan fingerprint density at radius 2 is 1.68 bits per heavy atom. The maximum absolute atomic E-state index is 14.1. The van der Waals surface area contributed by atoms with Gasteiger partial charge in [-0.05, 0) is 47.5 Å². The second-order valence-corrected chi connectivity index (χ2v) is 5.83. The zero-order valence-corrected chi connectivity index (χ0v) is 13.6. The molecule has 0 bridgehead atoms. The van der Waals surface area contributed by atoms with E-state index in [4.69, 9.17) is 11.6 Å². The first-order valence-corrected chi connectivity index (χ1v) is 7.78. The van der Waals surface area contributed by atoms with Gasteiger partial charge in [0.15, 0.2) is 11.6 Å². The standard InChI is InChI=1S/C19H13ClF3NO/c20-15-5-7-17(25)18(23)19(15)24-10-13-8-12(4-6-16(13)22)11-2-1-3-14(21)9-11/h1-9,24-25H,10H2. The highest BCUT2D eigenvalue weighted by Crippen LogP contribution is 2.32. The van der Waals surface area contributed by atoms with Crippen LogP contribution in [0.3, 0.4) is 0 Å².